The molecule has 3 aromatic rings. The lowest BCUT2D eigenvalue weighted by atomic mass is 9.78. The molecule has 1 saturated carbocycles. The second-order valence-corrected chi connectivity index (χ2v) is 10.1. The van der Waals surface area contributed by atoms with E-state index in [0.29, 0.717) is 30.5 Å². The smallest absolute Gasteiger partial charge is 0.270 e. The predicted octanol–water partition coefficient (Wildman–Crippen LogP) is 3.31. The van der Waals surface area contributed by atoms with Gasteiger partial charge in [-0.15, -0.1) is 0 Å². The van der Waals surface area contributed by atoms with Gasteiger partial charge in [-0.25, -0.2) is 9.50 Å². The van der Waals surface area contributed by atoms with Crippen LogP contribution in [0, 0.1) is 17.8 Å². The van der Waals surface area contributed by atoms with Crippen LogP contribution in [0.1, 0.15) is 80.3 Å². The minimum atomic E-state index is -0.190. The zero-order valence-corrected chi connectivity index (χ0v) is 20.6. The Hall–Kier alpha value is -3.23. The maximum absolute atomic E-state index is 13.2. The highest BCUT2D eigenvalue weighted by molar-refractivity contribution is 5.92. The molecule has 0 radical (unpaired) electrons. The Bertz CT molecular complexity index is 1190. The van der Waals surface area contributed by atoms with Crippen LogP contribution in [-0.2, 0) is 17.8 Å². The Morgan fingerprint density at radius 2 is 2.03 bits per heavy atom. The van der Waals surface area contributed by atoms with Gasteiger partial charge in [0.05, 0.1) is 23.6 Å². The Morgan fingerprint density at radius 1 is 1.20 bits per heavy atom. The van der Waals surface area contributed by atoms with Crippen LogP contribution in [0.4, 0.5) is 0 Å². The van der Waals surface area contributed by atoms with Crippen molar-refractivity contribution in [2.75, 3.05) is 6.54 Å². The fourth-order valence-electron chi connectivity index (χ4n) is 5.53. The van der Waals surface area contributed by atoms with Crippen molar-refractivity contribution in [2.45, 2.75) is 71.4 Å². The van der Waals surface area contributed by atoms with Gasteiger partial charge < -0.3 is 10.6 Å². The Balaban J connectivity index is 1.41. The van der Waals surface area contributed by atoms with Gasteiger partial charge >= 0.3 is 0 Å². The first-order chi connectivity index (χ1) is 17.0. The Morgan fingerprint density at radius 3 is 2.80 bits per heavy atom. The topological polar surface area (TPSA) is 106 Å². The largest absolute Gasteiger partial charge is 0.356 e. The highest BCUT2D eigenvalue weighted by atomic mass is 16.2. The quantitative estimate of drug-likeness (QED) is 0.543. The molecule has 35 heavy (non-hydrogen) atoms. The summed E-state index contributed by atoms with van der Waals surface area (Å²) in [7, 11) is 0. The molecular formula is C26H35N7O2. The van der Waals surface area contributed by atoms with Crippen molar-refractivity contribution in [1.29, 1.82) is 0 Å². The third-order valence-corrected chi connectivity index (χ3v) is 7.63. The van der Waals surface area contributed by atoms with Crippen molar-refractivity contribution < 1.29 is 9.59 Å². The SMILES string of the molecule is CCn1nccc1C(=O)N[C@H](c1cn2nc(C[C@@H]3CCCNC3=O)ccc2n1)C1CCC(C)CC1. The minimum Gasteiger partial charge on any atom is -0.356 e. The lowest BCUT2D eigenvalue weighted by Crippen LogP contribution is -2.37. The number of amides is 2. The van der Waals surface area contributed by atoms with Gasteiger partial charge in [-0.1, -0.05) is 19.8 Å². The molecule has 2 aliphatic rings. The van der Waals surface area contributed by atoms with E-state index in [1.165, 1.54) is 0 Å². The van der Waals surface area contributed by atoms with E-state index in [-0.39, 0.29) is 23.8 Å². The Kier molecular flexibility index (Phi) is 6.83. The van der Waals surface area contributed by atoms with E-state index in [1.807, 2.05) is 25.3 Å². The molecule has 3 aromatic heterocycles. The van der Waals surface area contributed by atoms with Crippen LogP contribution in [0.25, 0.3) is 5.65 Å². The van der Waals surface area contributed by atoms with E-state index in [2.05, 4.69) is 22.7 Å². The molecule has 5 rings (SSSR count). The van der Waals surface area contributed by atoms with E-state index in [0.717, 1.165) is 62.1 Å². The fourth-order valence-corrected chi connectivity index (χ4v) is 5.53. The van der Waals surface area contributed by atoms with Crippen LogP contribution in [0.3, 0.4) is 0 Å². The molecule has 2 N–H and O–H groups in total. The summed E-state index contributed by atoms with van der Waals surface area (Å²) in [5.41, 5.74) is 3.03. The number of imidazole rings is 1. The van der Waals surface area contributed by atoms with Gasteiger partial charge in [0.2, 0.25) is 5.91 Å². The van der Waals surface area contributed by atoms with E-state index >= 15 is 0 Å². The van der Waals surface area contributed by atoms with Gasteiger partial charge in [0.15, 0.2) is 5.65 Å². The number of rotatable bonds is 7. The molecule has 0 unspecified atom stereocenters. The number of aromatic nitrogens is 5. The summed E-state index contributed by atoms with van der Waals surface area (Å²) in [5, 5.41) is 15.3. The number of piperidine rings is 1. The molecule has 0 spiro atoms. The first-order valence-electron chi connectivity index (χ1n) is 13.0. The van der Waals surface area contributed by atoms with Crippen LogP contribution in [-0.4, -0.2) is 42.7 Å². The molecule has 1 aliphatic carbocycles. The molecule has 2 atom stereocenters. The lowest BCUT2D eigenvalue weighted by molar-refractivity contribution is -0.126. The molecule has 1 aliphatic heterocycles. The van der Waals surface area contributed by atoms with E-state index in [4.69, 9.17) is 10.1 Å². The number of nitrogens with zero attached hydrogens (tertiary/aromatic N) is 5. The van der Waals surface area contributed by atoms with E-state index in [1.54, 1.807) is 21.5 Å². The van der Waals surface area contributed by atoms with Crippen LogP contribution < -0.4 is 10.6 Å². The molecule has 0 aromatic carbocycles. The van der Waals surface area contributed by atoms with Crippen LogP contribution in [0.15, 0.2) is 30.6 Å². The van der Waals surface area contributed by atoms with Crippen LogP contribution in [0.5, 0.6) is 0 Å². The molecule has 0 bridgehead atoms. The monoisotopic (exact) mass is 477 g/mol. The van der Waals surface area contributed by atoms with Crippen LogP contribution in [0.2, 0.25) is 0 Å². The van der Waals surface area contributed by atoms with Gasteiger partial charge in [-0.05, 0) is 62.6 Å². The number of hydrogen-bond acceptors (Lipinski definition) is 5. The van der Waals surface area contributed by atoms with E-state index in [9.17, 15) is 9.59 Å². The van der Waals surface area contributed by atoms with Gasteiger partial charge in [0, 0.05) is 31.6 Å². The third kappa shape index (κ3) is 5.09. The molecule has 9 nitrogen and oxygen atoms in total. The fraction of sp³-hybridized carbons (Fsp3) is 0.577. The van der Waals surface area contributed by atoms with Crippen molar-refractivity contribution >= 4 is 17.5 Å². The molecule has 9 heteroatoms. The highest BCUT2D eigenvalue weighted by Crippen LogP contribution is 2.36. The third-order valence-electron chi connectivity index (χ3n) is 7.63. The standard InChI is InChI=1S/C26H35N7O2/c1-3-32-22(12-14-28-32)26(35)30-24(18-8-6-17(2)7-9-18)21-16-33-23(29-21)11-10-20(31-33)15-19-5-4-13-27-25(19)34/h10-12,14,16-19,24H,3-9,13,15H2,1-2H3,(H,27,34)(H,30,35)/t17?,18?,19-,24-/m0/s1. The lowest BCUT2D eigenvalue weighted by Gasteiger charge is -2.32. The molecular weight excluding hydrogens is 442 g/mol. The molecule has 1 saturated heterocycles. The maximum atomic E-state index is 13.2. The number of fused-ring (bicyclic) bond motifs is 1. The van der Waals surface area contributed by atoms with Crippen molar-refractivity contribution in [1.82, 2.24) is 35.0 Å². The van der Waals surface area contributed by atoms with E-state index < -0.39 is 0 Å². The number of carbonyl (C=O) groups is 2. The predicted molar refractivity (Wildman–Crippen MR) is 132 cm³/mol. The second kappa shape index (κ2) is 10.2. The zero-order valence-electron chi connectivity index (χ0n) is 20.6. The second-order valence-electron chi connectivity index (χ2n) is 10.1. The first kappa shape index (κ1) is 23.5. The zero-order chi connectivity index (χ0) is 24.4. The highest BCUT2D eigenvalue weighted by Gasteiger charge is 2.31. The summed E-state index contributed by atoms with van der Waals surface area (Å²) in [6, 6.07) is 5.49. The maximum Gasteiger partial charge on any atom is 0.270 e. The van der Waals surface area contributed by atoms with Gasteiger partial charge in [-0.2, -0.15) is 10.2 Å². The van der Waals surface area contributed by atoms with Gasteiger partial charge in [-0.3, -0.25) is 14.3 Å². The average Bonchev–Trinajstić information content (AvgIpc) is 3.51. The summed E-state index contributed by atoms with van der Waals surface area (Å²) in [4.78, 5) is 30.3. The van der Waals surface area contributed by atoms with Crippen molar-refractivity contribution in [3.05, 3.63) is 47.7 Å². The summed E-state index contributed by atoms with van der Waals surface area (Å²) in [5.74, 6) is 0.998. The Labute approximate surface area is 205 Å². The van der Waals surface area contributed by atoms with Crippen molar-refractivity contribution in [3.8, 4) is 0 Å². The molecule has 2 fully saturated rings. The molecule has 2 amide bonds. The van der Waals surface area contributed by atoms with Crippen LogP contribution >= 0.6 is 0 Å². The van der Waals surface area contributed by atoms with Crippen molar-refractivity contribution in [2.24, 2.45) is 17.8 Å². The summed E-state index contributed by atoms with van der Waals surface area (Å²) < 4.78 is 3.51. The van der Waals surface area contributed by atoms with Gasteiger partial charge in [0.25, 0.3) is 5.91 Å². The number of hydrogen-bond donors (Lipinski definition) is 2. The van der Waals surface area contributed by atoms with Gasteiger partial charge in [0.1, 0.15) is 5.69 Å². The summed E-state index contributed by atoms with van der Waals surface area (Å²) in [6.45, 7) is 5.68. The number of aryl methyl sites for hydroxylation is 1. The molecule has 186 valence electrons. The first-order valence-corrected chi connectivity index (χ1v) is 13.0. The summed E-state index contributed by atoms with van der Waals surface area (Å²) >= 11 is 0. The van der Waals surface area contributed by atoms with Crippen molar-refractivity contribution in [3.63, 3.8) is 0 Å². The molecule has 4 heterocycles. The number of nitrogens with one attached hydrogen (secondary N) is 2. The summed E-state index contributed by atoms with van der Waals surface area (Å²) in [6.07, 6.45) is 10.6. The normalized spacial score (nSPS) is 23.7. The minimum absolute atomic E-state index is 0.0311. The average molecular weight is 478 g/mol. The number of carbonyl (C=O) groups excluding carboxylic acids is 2.